The highest BCUT2D eigenvalue weighted by Crippen LogP contribution is 2.61. The van der Waals surface area contributed by atoms with E-state index in [2.05, 4.69) is 33.9 Å². The molecular weight excluding hydrogens is 256 g/mol. The second-order valence-electron chi connectivity index (χ2n) is 8.75. The Balaban J connectivity index is 2.21. The van der Waals surface area contributed by atoms with Gasteiger partial charge in [-0.05, 0) is 68.1 Å². The lowest BCUT2D eigenvalue weighted by molar-refractivity contribution is -0.0583. The zero-order valence-corrected chi connectivity index (χ0v) is 14.5. The molecule has 0 aromatic carbocycles. The maximum atomic E-state index is 10.3. The summed E-state index contributed by atoms with van der Waals surface area (Å²) in [6, 6.07) is 0. The van der Waals surface area contributed by atoms with Gasteiger partial charge in [0.25, 0.3) is 0 Å². The lowest BCUT2D eigenvalue weighted by Crippen LogP contribution is -2.49. The highest BCUT2D eigenvalue weighted by molar-refractivity contribution is 5.16. The largest absolute Gasteiger partial charge is 0.386 e. The van der Waals surface area contributed by atoms with Gasteiger partial charge in [-0.3, -0.25) is 0 Å². The Morgan fingerprint density at radius 2 is 2.00 bits per heavy atom. The number of hydrogen-bond donors (Lipinski definition) is 1. The standard InChI is InChI=1S/C20H34O/c1-7-19(5,21)14-11-16-15(2)9-10-17-18(3,4)12-8-13-20(16,17)6/h7,16-17,21H,1-2,8-14H2,3-6H3/t16-,17-,19+,20-/m0/s1. The third-order valence-electron chi connectivity index (χ3n) is 6.70. The van der Waals surface area contributed by atoms with Gasteiger partial charge in [-0.25, -0.2) is 0 Å². The third kappa shape index (κ3) is 3.13. The van der Waals surface area contributed by atoms with Gasteiger partial charge in [0, 0.05) is 0 Å². The summed E-state index contributed by atoms with van der Waals surface area (Å²) in [6.45, 7) is 17.4. The summed E-state index contributed by atoms with van der Waals surface area (Å²) in [6.07, 6.45) is 10.0. The number of aliphatic hydroxyl groups is 1. The Morgan fingerprint density at radius 3 is 2.62 bits per heavy atom. The Kier molecular flexibility index (Phi) is 4.46. The smallest absolute Gasteiger partial charge is 0.0797 e. The average molecular weight is 290 g/mol. The molecule has 0 heterocycles. The third-order valence-corrected chi connectivity index (χ3v) is 6.70. The van der Waals surface area contributed by atoms with Crippen LogP contribution in [0.4, 0.5) is 0 Å². The molecule has 21 heavy (non-hydrogen) atoms. The number of hydrogen-bond acceptors (Lipinski definition) is 1. The van der Waals surface area contributed by atoms with Crippen molar-refractivity contribution >= 4 is 0 Å². The van der Waals surface area contributed by atoms with Crippen LogP contribution in [0.25, 0.3) is 0 Å². The summed E-state index contributed by atoms with van der Waals surface area (Å²) in [7, 11) is 0. The molecule has 0 amide bonds. The van der Waals surface area contributed by atoms with E-state index in [1.165, 1.54) is 37.7 Å². The molecule has 0 aromatic heterocycles. The number of allylic oxidation sites excluding steroid dienone is 1. The highest BCUT2D eigenvalue weighted by atomic mass is 16.3. The first kappa shape index (κ1) is 16.8. The van der Waals surface area contributed by atoms with E-state index >= 15 is 0 Å². The summed E-state index contributed by atoms with van der Waals surface area (Å²) in [4.78, 5) is 0. The van der Waals surface area contributed by atoms with Crippen molar-refractivity contribution in [3.05, 3.63) is 24.8 Å². The van der Waals surface area contributed by atoms with Crippen molar-refractivity contribution in [1.29, 1.82) is 0 Å². The monoisotopic (exact) mass is 290 g/mol. The van der Waals surface area contributed by atoms with E-state index in [4.69, 9.17) is 0 Å². The second kappa shape index (κ2) is 5.57. The number of fused-ring (bicyclic) bond motifs is 1. The molecule has 1 heteroatoms. The molecule has 0 unspecified atom stereocenters. The zero-order chi connectivity index (χ0) is 15.9. The van der Waals surface area contributed by atoms with E-state index < -0.39 is 5.60 Å². The van der Waals surface area contributed by atoms with Gasteiger partial charge < -0.3 is 5.11 Å². The van der Waals surface area contributed by atoms with E-state index in [9.17, 15) is 5.11 Å². The van der Waals surface area contributed by atoms with Crippen molar-refractivity contribution in [1.82, 2.24) is 0 Å². The Hall–Kier alpha value is -0.560. The summed E-state index contributed by atoms with van der Waals surface area (Å²) in [5, 5.41) is 10.3. The lowest BCUT2D eigenvalue weighted by atomic mass is 9.47. The predicted octanol–water partition coefficient (Wildman–Crippen LogP) is 5.50. The SMILES string of the molecule is C=C[C@@](C)(O)CC[C@H]1C(=C)CC[C@H]2C(C)(C)CCC[C@@]12C. The van der Waals surface area contributed by atoms with Crippen LogP contribution in [-0.2, 0) is 0 Å². The van der Waals surface area contributed by atoms with Crippen LogP contribution in [0.2, 0.25) is 0 Å². The summed E-state index contributed by atoms with van der Waals surface area (Å²) < 4.78 is 0. The van der Waals surface area contributed by atoms with Gasteiger partial charge in [0.2, 0.25) is 0 Å². The molecule has 2 rings (SSSR count). The van der Waals surface area contributed by atoms with E-state index in [0.717, 1.165) is 18.8 Å². The molecule has 0 aromatic rings. The van der Waals surface area contributed by atoms with Gasteiger partial charge in [0.05, 0.1) is 5.60 Å². The van der Waals surface area contributed by atoms with E-state index in [1.54, 1.807) is 6.08 Å². The van der Waals surface area contributed by atoms with E-state index in [0.29, 0.717) is 16.7 Å². The molecule has 2 aliphatic carbocycles. The van der Waals surface area contributed by atoms with Crippen molar-refractivity contribution < 1.29 is 5.11 Å². The van der Waals surface area contributed by atoms with Gasteiger partial charge >= 0.3 is 0 Å². The fourth-order valence-corrected chi connectivity index (χ4v) is 5.35. The average Bonchev–Trinajstić information content (AvgIpc) is 2.36. The van der Waals surface area contributed by atoms with Crippen molar-refractivity contribution in [2.75, 3.05) is 0 Å². The Morgan fingerprint density at radius 1 is 1.33 bits per heavy atom. The van der Waals surface area contributed by atoms with E-state index in [1.807, 2.05) is 6.92 Å². The first-order chi connectivity index (χ1) is 9.62. The van der Waals surface area contributed by atoms with Gasteiger partial charge in [-0.1, -0.05) is 45.4 Å². The van der Waals surface area contributed by atoms with Crippen LogP contribution in [0.15, 0.2) is 24.8 Å². The molecule has 1 N–H and O–H groups in total. The van der Waals surface area contributed by atoms with Gasteiger partial charge in [0.1, 0.15) is 0 Å². The molecule has 1 nitrogen and oxygen atoms in total. The van der Waals surface area contributed by atoms with E-state index in [-0.39, 0.29) is 0 Å². The molecule has 0 aliphatic heterocycles. The molecule has 4 atom stereocenters. The normalized spacial score (nSPS) is 38.4. The lowest BCUT2D eigenvalue weighted by Gasteiger charge is -2.58. The number of rotatable bonds is 4. The van der Waals surface area contributed by atoms with Crippen molar-refractivity contribution in [2.24, 2.45) is 22.7 Å². The molecule has 2 fully saturated rings. The maximum Gasteiger partial charge on any atom is 0.0797 e. The second-order valence-corrected chi connectivity index (χ2v) is 8.75. The fourth-order valence-electron chi connectivity index (χ4n) is 5.35. The minimum atomic E-state index is -0.742. The van der Waals surface area contributed by atoms with Crippen LogP contribution < -0.4 is 0 Å². The van der Waals surface area contributed by atoms with Crippen molar-refractivity contribution in [3.8, 4) is 0 Å². The highest BCUT2D eigenvalue weighted by Gasteiger charge is 2.52. The minimum Gasteiger partial charge on any atom is -0.386 e. The van der Waals surface area contributed by atoms with Crippen LogP contribution >= 0.6 is 0 Å². The van der Waals surface area contributed by atoms with Gasteiger partial charge in [-0.2, -0.15) is 0 Å². The van der Waals surface area contributed by atoms with Crippen LogP contribution in [0.1, 0.15) is 72.6 Å². The Bertz CT molecular complexity index is 418. The van der Waals surface area contributed by atoms with Gasteiger partial charge in [0.15, 0.2) is 0 Å². The quantitative estimate of drug-likeness (QED) is 0.678. The van der Waals surface area contributed by atoms with Crippen molar-refractivity contribution in [2.45, 2.75) is 78.2 Å². The van der Waals surface area contributed by atoms with Gasteiger partial charge in [-0.15, -0.1) is 6.58 Å². The van der Waals surface area contributed by atoms with Crippen LogP contribution in [0, 0.1) is 22.7 Å². The van der Waals surface area contributed by atoms with Crippen molar-refractivity contribution in [3.63, 3.8) is 0 Å². The molecule has 0 saturated heterocycles. The van der Waals surface area contributed by atoms with Crippen LogP contribution in [-0.4, -0.2) is 10.7 Å². The predicted molar refractivity (Wildman–Crippen MR) is 91.1 cm³/mol. The summed E-state index contributed by atoms with van der Waals surface area (Å²) in [5.74, 6) is 1.35. The molecule has 2 saturated carbocycles. The first-order valence-corrected chi connectivity index (χ1v) is 8.66. The first-order valence-electron chi connectivity index (χ1n) is 8.66. The van der Waals surface area contributed by atoms with Crippen LogP contribution in [0.3, 0.4) is 0 Å². The molecular formula is C20H34O. The fraction of sp³-hybridized carbons (Fsp3) is 0.800. The molecule has 2 aliphatic rings. The molecule has 120 valence electrons. The topological polar surface area (TPSA) is 20.2 Å². The summed E-state index contributed by atoms with van der Waals surface area (Å²) >= 11 is 0. The molecule has 0 radical (unpaired) electrons. The maximum absolute atomic E-state index is 10.3. The zero-order valence-electron chi connectivity index (χ0n) is 14.5. The van der Waals surface area contributed by atoms with Crippen LogP contribution in [0.5, 0.6) is 0 Å². The minimum absolute atomic E-state index is 0.369. The Labute approximate surface area is 131 Å². The summed E-state index contributed by atoms with van der Waals surface area (Å²) in [5.41, 5.74) is 1.50. The molecule has 0 spiro atoms. The molecule has 0 bridgehead atoms.